The summed E-state index contributed by atoms with van der Waals surface area (Å²) < 4.78 is 13.4. The van der Waals surface area contributed by atoms with E-state index in [9.17, 15) is 4.39 Å². The van der Waals surface area contributed by atoms with Crippen molar-refractivity contribution < 1.29 is 4.39 Å². The van der Waals surface area contributed by atoms with E-state index in [1.165, 1.54) is 12.1 Å². The highest BCUT2D eigenvalue weighted by Gasteiger charge is 2.03. The molecule has 2 rings (SSSR count). The van der Waals surface area contributed by atoms with Gasteiger partial charge in [0.05, 0.1) is 5.69 Å². The van der Waals surface area contributed by atoms with Gasteiger partial charge in [0.25, 0.3) is 0 Å². The lowest BCUT2D eigenvalue weighted by atomic mass is 10.3. The Hall–Kier alpha value is -1.88. The van der Waals surface area contributed by atoms with Gasteiger partial charge in [0.2, 0.25) is 0 Å². The number of aromatic nitrogens is 2. The van der Waals surface area contributed by atoms with E-state index in [4.69, 9.17) is 17.3 Å². The third-order valence-electron chi connectivity index (χ3n) is 1.88. The van der Waals surface area contributed by atoms with Crippen LogP contribution in [0.1, 0.15) is 0 Å². The molecule has 0 amide bonds. The normalized spacial score (nSPS) is 10.1. The third kappa shape index (κ3) is 2.38. The lowest BCUT2D eigenvalue weighted by molar-refractivity contribution is 0.632. The molecule has 1 aromatic carbocycles. The van der Waals surface area contributed by atoms with Crippen molar-refractivity contribution in [2.75, 3.05) is 11.1 Å². The van der Waals surface area contributed by atoms with E-state index in [2.05, 4.69) is 15.5 Å². The second-order valence-electron chi connectivity index (χ2n) is 3.09. The highest BCUT2D eigenvalue weighted by molar-refractivity contribution is 6.30. The number of hydrogen-bond donors (Lipinski definition) is 2. The van der Waals surface area contributed by atoms with Crippen molar-refractivity contribution in [1.29, 1.82) is 0 Å². The monoisotopic (exact) mass is 238 g/mol. The van der Waals surface area contributed by atoms with Crippen LogP contribution >= 0.6 is 11.6 Å². The summed E-state index contributed by atoms with van der Waals surface area (Å²) in [6, 6.07) is 7.50. The maximum absolute atomic E-state index is 13.4. The Morgan fingerprint density at radius 2 is 2.00 bits per heavy atom. The predicted octanol–water partition coefficient (Wildman–Crippen LogP) is 2.59. The van der Waals surface area contributed by atoms with Crippen molar-refractivity contribution in [3.63, 3.8) is 0 Å². The van der Waals surface area contributed by atoms with Crippen molar-refractivity contribution in [2.45, 2.75) is 0 Å². The highest BCUT2D eigenvalue weighted by atomic mass is 35.5. The second-order valence-corrected chi connectivity index (χ2v) is 3.53. The van der Waals surface area contributed by atoms with Gasteiger partial charge < -0.3 is 11.1 Å². The quantitative estimate of drug-likeness (QED) is 0.844. The standard InChI is InChI=1S/C10H8ClFN4/c11-6-1-2-8(7(12)5-6)14-10-4-3-9(13)15-16-10/h1-5H,(H2,13,15)(H,14,16). The summed E-state index contributed by atoms with van der Waals surface area (Å²) >= 11 is 5.63. The summed E-state index contributed by atoms with van der Waals surface area (Å²) in [4.78, 5) is 0. The summed E-state index contributed by atoms with van der Waals surface area (Å²) in [5.41, 5.74) is 5.66. The smallest absolute Gasteiger partial charge is 0.153 e. The molecule has 16 heavy (non-hydrogen) atoms. The fourth-order valence-electron chi connectivity index (χ4n) is 1.14. The number of anilines is 3. The fraction of sp³-hybridized carbons (Fsp3) is 0. The summed E-state index contributed by atoms with van der Waals surface area (Å²) in [6.07, 6.45) is 0. The summed E-state index contributed by atoms with van der Waals surface area (Å²) in [5.74, 6) is 0.267. The van der Waals surface area contributed by atoms with Gasteiger partial charge in [-0.3, -0.25) is 0 Å². The Morgan fingerprint density at radius 1 is 1.19 bits per heavy atom. The molecule has 1 aromatic heterocycles. The van der Waals surface area contributed by atoms with Crippen LogP contribution in [-0.2, 0) is 0 Å². The molecule has 0 aliphatic heterocycles. The number of nitrogens with two attached hydrogens (primary N) is 1. The van der Waals surface area contributed by atoms with Gasteiger partial charge in [-0.1, -0.05) is 11.6 Å². The average Bonchev–Trinajstić information content (AvgIpc) is 2.25. The number of halogens is 2. The van der Waals surface area contributed by atoms with Gasteiger partial charge in [0, 0.05) is 5.02 Å². The van der Waals surface area contributed by atoms with Gasteiger partial charge in [0.15, 0.2) is 5.82 Å². The van der Waals surface area contributed by atoms with Gasteiger partial charge in [0.1, 0.15) is 11.6 Å². The Labute approximate surface area is 96.3 Å². The van der Waals surface area contributed by atoms with Crippen LogP contribution in [0.5, 0.6) is 0 Å². The molecular weight excluding hydrogens is 231 g/mol. The number of rotatable bonds is 2. The molecule has 6 heteroatoms. The molecule has 0 bridgehead atoms. The van der Waals surface area contributed by atoms with Crippen molar-refractivity contribution in [2.24, 2.45) is 0 Å². The molecule has 0 aliphatic rings. The highest BCUT2D eigenvalue weighted by Crippen LogP contribution is 2.21. The van der Waals surface area contributed by atoms with E-state index in [0.717, 1.165) is 0 Å². The molecule has 0 radical (unpaired) electrons. The van der Waals surface area contributed by atoms with Crippen molar-refractivity contribution in [3.8, 4) is 0 Å². The zero-order valence-corrected chi connectivity index (χ0v) is 8.87. The number of nitrogens with one attached hydrogen (secondary N) is 1. The molecule has 0 aliphatic carbocycles. The molecule has 4 nitrogen and oxygen atoms in total. The SMILES string of the molecule is Nc1ccc(Nc2ccc(Cl)cc2F)nn1. The van der Waals surface area contributed by atoms with Crippen LogP contribution in [0.15, 0.2) is 30.3 Å². The largest absolute Gasteiger partial charge is 0.382 e. The first-order valence-electron chi connectivity index (χ1n) is 4.46. The molecule has 0 fully saturated rings. The molecule has 0 saturated heterocycles. The van der Waals surface area contributed by atoms with E-state index >= 15 is 0 Å². The minimum atomic E-state index is -0.453. The first-order chi connectivity index (χ1) is 7.65. The van der Waals surface area contributed by atoms with Crippen molar-refractivity contribution >= 4 is 28.9 Å². The van der Waals surface area contributed by atoms with Crippen LogP contribution in [0, 0.1) is 5.82 Å². The minimum Gasteiger partial charge on any atom is -0.382 e. The van der Waals surface area contributed by atoms with E-state index in [1.807, 2.05) is 0 Å². The molecule has 0 saturated carbocycles. The van der Waals surface area contributed by atoms with Crippen LogP contribution < -0.4 is 11.1 Å². The van der Waals surface area contributed by atoms with Gasteiger partial charge >= 0.3 is 0 Å². The first kappa shape index (κ1) is 10.6. The second kappa shape index (κ2) is 4.32. The Balaban J connectivity index is 2.23. The van der Waals surface area contributed by atoms with Gasteiger partial charge in [-0.25, -0.2) is 4.39 Å². The van der Waals surface area contributed by atoms with E-state index < -0.39 is 5.82 Å². The third-order valence-corrected chi connectivity index (χ3v) is 2.11. The van der Waals surface area contributed by atoms with Gasteiger partial charge in [-0.15, -0.1) is 10.2 Å². The zero-order chi connectivity index (χ0) is 11.5. The predicted molar refractivity (Wildman–Crippen MR) is 61.1 cm³/mol. The van der Waals surface area contributed by atoms with Crippen LogP contribution in [0.4, 0.5) is 21.7 Å². The van der Waals surface area contributed by atoms with Gasteiger partial charge in [-0.05, 0) is 30.3 Å². The molecule has 0 atom stereocenters. The minimum absolute atomic E-state index is 0.281. The Kier molecular flexibility index (Phi) is 2.87. The van der Waals surface area contributed by atoms with Crippen LogP contribution in [0.3, 0.4) is 0 Å². The molecule has 2 aromatic rings. The van der Waals surface area contributed by atoms with Crippen molar-refractivity contribution in [1.82, 2.24) is 10.2 Å². The maximum atomic E-state index is 13.4. The number of nitrogen functional groups attached to an aromatic ring is 1. The number of nitrogens with zero attached hydrogens (tertiary/aromatic N) is 2. The topological polar surface area (TPSA) is 63.8 Å². The van der Waals surface area contributed by atoms with Crippen molar-refractivity contribution in [3.05, 3.63) is 41.2 Å². The summed E-state index contributed by atoms with van der Waals surface area (Å²) in [5, 5.41) is 10.5. The van der Waals surface area contributed by atoms with Crippen LogP contribution in [0.25, 0.3) is 0 Å². The Morgan fingerprint density at radius 3 is 2.62 bits per heavy atom. The lowest BCUT2D eigenvalue weighted by Gasteiger charge is -2.06. The molecule has 0 spiro atoms. The first-order valence-corrected chi connectivity index (χ1v) is 4.84. The summed E-state index contributed by atoms with van der Waals surface area (Å²) in [6.45, 7) is 0. The van der Waals surface area contributed by atoms with E-state index in [-0.39, 0.29) is 5.69 Å². The zero-order valence-electron chi connectivity index (χ0n) is 8.11. The van der Waals surface area contributed by atoms with E-state index in [1.54, 1.807) is 18.2 Å². The molecule has 3 N–H and O–H groups in total. The summed E-state index contributed by atoms with van der Waals surface area (Å²) in [7, 11) is 0. The lowest BCUT2D eigenvalue weighted by Crippen LogP contribution is -1.99. The maximum Gasteiger partial charge on any atom is 0.153 e. The Bertz CT molecular complexity index is 501. The van der Waals surface area contributed by atoms with Crippen LogP contribution in [0.2, 0.25) is 5.02 Å². The number of hydrogen-bond acceptors (Lipinski definition) is 4. The molecule has 0 unspecified atom stereocenters. The molecular formula is C10H8ClFN4. The van der Waals surface area contributed by atoms with Crippen LogP contribution in [-0.4, -0.2) is 10.2 Å². The molecule has 1 heterocycles. The van der Waals surface area contributed by atoms with E-state index in [0.29, 0.717) is 16.7 Å². The molecule has 82 valence electrons. The fourth-order valence-corrected chi connectivity index (χ4v) is 1.30. The number of benzene rings is 1. The van der Waals surface area contributed by atoms with Gasteiger partial charge in [-0.2, -0.15) is 0 Å². The average molecular weight is 239 g/mol.